The van der Waals surface area contributed by atoms with Crippen LogP contribution < -0.4 is 5.32 Å². The van der Waals surface area contributed by atoms with Gasteiger partial charge in [0.15, 0.2) is 0 Å². The summed E-state index contributed by atoms with van der Waals surface area (Å²) < 4.78 is 0. The van der Waals surface area contributed by atoms with Gasteiger partial charge >= 0.3 is 0 Å². The lowest BCUT2D eigenvalue weighted by atomic mass is 9.99. The highest BCUT2D eigenvalue weighted by atomic mass is 16.3. The van der Waals surface area contributed by atoms with Crippen LogP contribution in [-0.4, -0.2) is 46.1 Å². The third-order valence-corrected chi connectivity index (χ3v) is 8.71. The van der Waals surface area contributed by atoms with E-state index >= 15 is 0 Å². The Morgan fingerprint density at radius 1 is 0.512 bits per heavy atom. The molecule has 0 aliphatic carbocycles. The fourth-order valence-electron chi connectivity index (χ4n) is 5.81. The number of hydrogen-bond acceptors (Lipinski definition) is 4. The fraction of sp³-hybridized carbons (Fsp3) is 0.972. The molecule has 0 radical (unpaired) electrons. The van der Waals surface area contributed by atoms with E-state index < -0.39 is 18.2 Å². The monoisotopic (exact) mass is 584 g/mol. The smallest absolute Gasteiger partial charge is 0.220 e. The molecule has 1 amide bonds. The maximum atomic E-state index is 12.3. The molecule has 4 N–H and O–H groups in total. The molecule has 0 saturated heterocycles. The van der Waals surface area contributed by atoms with Gasteiger partial charge in [0.1, 0.15) is 6.10 Å². The number of carbonyl (C=O) groups excluding carboxylic acids is 1. The van der Waals surface area contributed by atoms with E-state index in [1.807, 2.05) is 0 Å². The minimum Gasteiger partial charge on any atom is -0.394 e. The predicted octanol–water partition coefficient (Wildman–Crippen LogP) is 9.54. The molecule has 0 fully saturated rings. The van der Waals surface area contributed by atoms with Crippen molar-refractivity contribution in [2.45, 2.75) is 218 Å². The molecule has 0 spiro atoms. The second kappa shape index (κ2) is 32.3. The average molecular weight is 584 g/mol. The molecule has 5 heteroatoms. The van der Waals surface area contributed by atoms with Crippen LogP contribution in [0.5, 0.6) is 0 Å². The average Bonchev–Trinajstić information content (AvgIpc) is 2.97. The second-order valence-electron chi connectivity index (χ2n) is 12.8. The first-order chi connectivity index (χ1) is 20.1. The van der Waals surface area contributed by atoms with Crippen LogP contribution in [-0.2, 0) is 4.79 Å². The van der Waals surface area contributed by atoms with E-state index in [0.717, 1.165) is 38.5 Å². The lowest BCUT2D eigenvalue weighted by Gasteiger charge is -2.26. The third-order valence-electron chi connectivity index (χ3n) is 8.71. The molecule has 0 aliphatic rings. The van der Waals surface area contributed by atoms with Gasteiger partial charge < -0.3 is 20.6 Å². The van der Waals surface area contributed by atoms with E-state index in [2.05, 4.69) is 19.2 Å². The normalized spacial score (nSPS) is 13.8. The molecule has 0 aromatic carbocycles. The summed E-state index contributed by atoms with van der Waals surface area (Å²) in [4.78, 5) is 12.3. The van der Waals surface area contributed by atoms with Gasteiger partial charge in [0, 0.05) is 6.42 Å². The highest BCUT2D eigenvalue weighted by Gasteiger charge is 2.26. The Kier molecular flexibility index (Phi) is 31.8. The maximum Gasteiger partial charge on any atom is 0.220 e. The van der Waals surface area contributed by atoms with Crippen LogP contribution in [0.3, 0.4) is 0 Å². The molecule has 5 nitrogen and oxygen atoms in total. The molecule has 0 aliphatic heterocycles. The Morgan fingerprint density at radius 3 is 1.17 bits per heavy atom. The van der Waals surface area contributed by atoms with Crippen LogP contribution in [0.25, 0.3) is 0 Å². The van der Waals surface area contributed by atoms with Crippen LogP contribution in [0, 0.1) is 0 Å². The van der Waals surface area contributed by atoms with Crippen molar-refractivity contribution in [1.82, 2.24) is 5.32 Å². The molecule has 0 heterocycles. The number of nitrogens with one attached hydrogen (secondary N) is 1. The van der Waals surface area contributed by atoms with Crippen molar-refractivity contribution in [2.24, 2.45) is 0 Å². The van der Waals surface area contributed by atoms with Gasteiger partial charge in [-0.3, -0.25) is 4.79 Å². The highest BCUT2D eigenvalue weighted by Crippen LogP contribution is 2.16. The van der Waals surface area contributed by atoms with Crippen molar-refractivity contribution in [3.05, 3.63) is 0 Å². The molecule has 0 aromatic heterocycles. The summed E-state index contributed by atoms with van der Waals surface area (Å²) in [6, 6.07) is -0.800. The Balaban J connectivity index is 3.66. The molecule has 3 atom stereocenters. The topological polar surface area (TPSA) is 89.8 Å². The zero-order valence-corrected chi connectivity index (χ0v) is 27.7. The quantitative estimate of drug-likeness (QED) is 0.0579. The summed E-state index contributed by atoms with van der Waals surface area (Å²) >= 11 is 0. The number of aliphatic hydroxyl groups is 3. The van der Waals surface area contributed by atoms with Gasteiger partial charge in [0.05, 0.1) is 18.8 Å². The van der Waals surface area contributed by atoms with Gasteiger partial charge in [-0.1, -0.05) is 181 Å². The standard InChI is InChI=1S/C36H73NO4/c1-3-5-7-9-11-13-15-17-18-19-21-23-25-27-29-31-35(40)37-33(32-38)36(41)34(39)30-28-26-24-22-20-16-14-12-10-8-6-4-2/h33-34,36,38-39,41H,3-32H2,1-2H3,(H,37,40)/t33-,34-,36-/m0/s1. The SMILES string of the molecule is CCCCCCCCCCCCCCCCCC(=O)N[C@@H](CO)[C@H](O)[C@@H](O)CCCCCCCCCCCCCC. The number of carbonyl (C=O) groups is 1. The molecule has 0 aromatic rings. The van der Waals surface area contributed by atoms with E-state index in [9.17, 15) is 20.1 Å². The van der Waals surface area contributed by atoms with E-state index in [1.54, 1.807) is 0 Å². The molecular weight excluding hydrogens is 510 g/mol. The first kappa shape index (κ1) is 40.4. The molecule has 41 heavy (non-hydrogen) atoms. The van der Waals surface area contributed by atoms with Gasteiger partial charge in [0.25, 0.3) is 0 Å². The van der Waals surface area contributed by atoms with Crippen molar-refractivity contribution >= 4 is 5.91 Å². The van der Waals surface area contributed by atoms with E-state index in [0.29, 0.717) is 12.8 Å². The first-order valence-electron chi connectivity index (χ1n) is 18.3. The van der Waals surface area contributed by atoms with Gasteiger partial charge in [-0.25, -0.2) is 0 Å². The second-order valence-corrected chi connectivity index (χ2v) is 12.8. The van der Waals surface area contributed by atoms with Gasteiger partial charge in [0.2, 0.25) is 5.91 Å². The minimum absolute atomic E-state index is 0.143. The van der Waals surface area contributed by atoms with Crippen LogP contribution >= 0.6 is 0 Å². The predicted molar refractivity (Wildman–Crippen MR) is 176 cm³/mol. The van der Waals surface area contributed by atoms with E-state index in [4.69, 9.17) is 0 Å². The Hall–Kier alpha value is -0.650. The van der Waals surface area contributed by atoms with Crippen molar-refractivity contribution in [1.29, 1.82) is 0 Å². The Bertz CT molecular complexity index is 530. The summed E-state index contributed by atoms with van der Waals surface area (Å²) in [6.45, 7) is 4.16. The van der Waals surface area contributed by atoms with Gasteiger partial charge in [-0.15, -0.1) is 0 Å². The fourth-order valence-corrected chi connectivity index (χ4v) is 5.81. The van der Waals surface area contributed by atoms with Crippen LogP contribution in [0.4, 0.5) is 0 Å². The molecular formula is C36H73NO4. The number of aliphatic hydroxyl groups excluding tert-OH is 3. The summed E-state index contributed by atoms with van der Waals surface area (Å²) in [5.74, 6) is -0.143. The summed E-state index contributed by atoms with van der Waals surface area (Å²) in [5.41, 5.74) is 0. The van der Waals surface area contributed by atoms with Gasteiger partial charge in [-0.2, -0.15) is 0 Å². The summed E-state index contributed by atoms with van der Waals surface area (Å²) in [6.07, 6.45) is 33.3. The molecule has 246 valence electrons. The zero-order chi connectivity index (χ0) is 30.2. The maximum absolute atomic E-state index is 12.3. The summed E-state index contributed by atoms with van der Waals surface area (Å²) in [5, 5.41) is 33.3. The van der Waals surface area contributed by atoms with Crippen molar-refractivity contribution in [3.8, 4) is 0 Å². The number of rotatable bonds is 33. The molecule has 0 bridgehead atoms. The van der Waals surface area contributed by atoms with Crippen molar-refractivity contribution in [2.75, 3.05) is 6.61 Å². The van der Waals surface area contributed by atoms with E-state index in [-0.39, 0.29) is 12.5 Å². The largest absolute Gasteiger partial charge is 0.394 e. The lowest BCUT2D eigenvalue weighted by molar-refractivity contribution is -0.124. The molecule has 0 unspecified atom stereocenters. The highest BCUT2D eigenvalue weighted by molar-refractivity contribution is 5.76. The third kappa shape index (κ3) is 27.9. The number of hydrogen-bond donors (Lipinski definition) is 4. The Labute approximate surface area is 256 Å². The first-order valence-corrected chi connectivity index (χ1v) is 18.3. The van der Waals surface area contributed by atoms with Crippen LogP contribution in [0.2, 0.25) is 0 Å². The summed E-state index contributed by atoms with van der Waals surface area (Å²) in [7, 11) is 0. The lowest BCUT2D eigenvalue weighted by Crippen LogP contribution is -2.50. The van der Waals surface area contributed by atoms with Gasteiger partial charge in [-0.05, 0) is 12.8 Å². The molecule has 0 rings (SSSR count). The van der Waals surface area contributed by atoms with Crippen LogP contribution in [0.15, 0.2) is 0 Å². The number of amides is 1. The number of unbranched alkanes of at least 4 members (excludes halogenated alkanes) is 25. The van der Waals surface area contributed by atoms with E-state index in [1.165, 1.54) is 135 Å². The van der Waals surface area contributed by atoms with Crippen molar-refractivity contribution in [3.63, 3.8) is 0 Å². The zero-order valence-electron chi connectivity index (χ0n) is 27.7. The van der Waals surface area contributed by atoms with Crippen LogP contribution in [0.1, 0.15) is 200 Å². The minimum atomic E-state index is -1.13. The Morgan fingerprint density at radius 2 is 0.829 bits per heavy atom. The van der Waals surface area contributed by atoms with Crippen molar-refractivity contribution < 1.29 is 20.1 Å². The molecule has 0 saturated carbocycles.